The van der Waals surface area contributed by atoms with Crippen molar-refractivity contribution in [2.75, 3.05) is 18.0 Å². The first-order valence-electron chi connectivity index (χ1n) is 16.0. The number of hydrogen-bond acceptors (Lipinski definition) is 3. The van der Waals surface area contributed by atoms with Gasteiger partial charge in [0.15, 0.2) is 0 Å². The molecule has 1 fully saturated rings. The van der Waals surface area contributed by atoms with Crippen LogP contribution in [-0.2, 0) is 9.59 Å². The van der Waals surface area contributed by atoms with Gasteiger partial charge in [-0.1, -0.05) is 72.1 Å². The van der Waals surface area contributed by atoms with Crippen LogP contribution in [0.3, 0.4) is 0 Å². The second kappa shape index (κ2) is 14.6. The van der Waals surface area contributed by atoms with Crippen molar-refractivity contribution in [3.63, 3.8) is 0 Å². The Kier molecular flexibility index (Phi) is 11.8. The molecule has 1 heterocycles. The average Bonchev–Trinajstić information content (AvgIpc) is 3.25. The lowest BCUT2D eigenvalue weighted by atomic mass is 9.76. The molecule has 0 saturated carbocycles. The largest absolute Gasteiger partial charge is 0.481 e. The van der Waals surface area contributed by atoms with Crippen molar-refractivity contribution in [1.29, 1.82) is 0 Å². The first kappa shape index (κ1) is 33.8. The van der Waals surface area contributed by atoms with Crippen LogP contribution in [0.1, 0.15) is 108 Å². The normalized spacial score (nSPS) is 19.4. The molecular weight excluding hydrogens is 527 g/mol. The third-order valence-corrected chi connectivity index (χ3v) is 9.32. The Morgan fingerprint density at radius 3 is 2.19 bits per heavy atom. The highest BCUT2D eigenvalue weighted by atomic mass is 19.1. The number of aliphatic carboxylic acids is 1. The van der Waals surface area contributed by atoms with Crippen LogP contribution in [0, 0.1) is 37.9 Å². The van der Waals surface area contributed by atoms with Crippen molar-refractivity contribution >= 4 is 17.6 Å². The molecule has 0 aliphatic carbocycles. The maximum atomic E-state index is 14.4. The summed E-state index contributed by atoms with van der Waals surface area (Å²) in [6, 6.07) is 10.9. The zero-order valence-corrected chi connectivity index (χ0v) is 27.2. The standard InChI is InChI=1S/C36H53FN2O3/c1-9-12-28(13-10-2)39(29-16-17-31(37)26(6)20-29)33(40)23-38-22-30(27-15-14-24(4)25(5)19-27)34(35(41)42)32(38)21-36(7,8)18-11-3/h14-17,19-20,28,30,32,34H,9-13,18,21-23H2,1-8H3,(H,41,42). The van der Waals surface area contributed by atoms with E-state index in [0.717, 1.165) is 49.7 Å². The number of hydrogen-bond donors (Lipinski definition) is 1. The number of anilines is 1. The molecule has 3 atom stereocenters. The van der Waals surface area contributed by atoms with Crippen molar-refractivity contribution < 1.29 is 19.1 Å². The molecule has 1 N–H and O–H groups in total. The van der Waals surface area contributed by atoms with Gasteiger partial charge in [-0.15, -0.1) is 0 Å². The Balaban J connectivity index is 2.06. The number of carbonyl (C=O) groups excluding carboxylic acids is 1. The average molecular weight is 581 g/mol. The molecule has 0 aromatic heterocycles. The summed E-state index contributed by atoms with van der Waals surface area (Å²) >= 11 is 0. The maximum absolute atomic E-state index is 14.4. The van der Waals surface area contributed by atoms with Crippen molar-refractivity contribution in [2.45, 2.75) is 118 Å². The fraction of sp³-hybridized carbons (Fsp3) is 0.611. The SMILES string of the molecule is CCCC(CCC)N(C(=O)CN1CC(c2ccc(C)c(C)c2)C(C(=O)O)C1CC(C)(C)CCC)c1ccc(F)c(C)c1. The van der Waals surface area contributed by atoms with Gasteiger partial charge in [0.1, 0.15) is 5.82 Å². The molecule has 1 aliphatic rings. The Bertz CT molecular complexity index is 1220. The third kappa shape index (κ3) is 8.00. The minimum atomic E-state index is -0.800. The van der Waals surface area contributed by atoms with E-state index in [1.807, 2.05) is 4.90 Å². The van der Waals surface area contributed by atoms with E-state index in [1.54, 1.807) is 19.1 Å². The number of halogens is 1. The predicted molar refractivity (Wildman–Crippen MR) is 171 cm³/mol. The molecule has 2 aromatic rings. The van der Waals surface area contributed by atoms with Crippen molar-refractivity contribution in [1.82, 2.24) is 4.90 Å². The molecule has 6 heteroatoms. The molecule has 1 saturated heterocycles. The molecule has 3 rings (SSSR count). The van der Waals surface area contributed by atoms with E-state index in [2.05, 4.69) is 71.6 Å². The topological polar surface area (TPSA) is 60.9 Å². The molecule has 2 aromatic carbocycles. The summed E-state index contributed by atoms with van der Waals surface area (Å²) in [5.74, 6) is -1.95. The first-order chi connectivity index (χ1) is 19.8. The van der Waals surface area contributed by atoms with E-state index in [1.165, 1.54) is 11.6 Å². The highest BCUT2D eigenvalue weighted by molar-refractivity contribution is 5.95. The number of carbonyl (C=O) groups is 2. The van der Waals surface area contributed by atoms with E-state index in [0.29, 0.717) is 24.2 Å². The van der Waals surface area contributed by atoms with Gasteiger partial charge in [0.2, 0.25) is 5.91 Å². The van der Waals surface area contributed by atoms with Crippen LogP contribution in [0.4, 0.5) is 10.1 Å². The second-order valence-electron chi connectivity index (χ2n) is 13.4. The number of rotatable bonds is 14. The second-order valence-corrected chi connectivity index (χ2v) is 13.4. The zero-order valence-electron chi connectivity index (χ0n) is 27.2. The van der Waals surface area contributed by atoms with Crippen LogP contribution >= 0.6 is 0 Å². The van der Waals surface area contributed by atoms with E-state index < -0.39 is 11.9 Å². The lowest BCUT2D eigenvalue weighted by Gasteiger charge is -2.37. The molecule has 232 valence electrons. The molecule has 0 radical (unpaired) electrons. The summed E-state index contributed by atoms with van der Waals surface area (Å²) in [4.78, 5) is 31.4. The molecule has 0 bridgehead atoms. The number of carboxylic acid groups (broad SMARTS) is 1. The summed E-state index contributed by atoms with van der Waals surface area (Å²) in [5, 5.41) is 10.6. The van der Waals surface area contributed by atoms with Gasteiger partial charge in [0.05, 0.1) is 12.5 Å². The van der Waals surface area contributed by atoms with Crippen molar-refractivity contribution in [2.24, 2.45) is 11.3 Å². The zero-order chi connectivity index (χ0) is 31.2. The fourth-order valence-electron chi connectivity index (χ4n) is 7.08. The summed E-state index contributed by atoms with van der Waals surface area (Å²) in [6.07, 6.45) is 6.28. The summed E-state index contributed by atoms with van der Waals surface area (Å²) in [7, 11) is 0. The Morgan fingerprint density at radius 1 is 0.976 bits per heavy atom. The van der Waals surface area contributed by atoms with Crippen molar-refractivity contribution in [3.8, 4) is 0 Å². The van der Waals surface area contributed by atoms with Gasteiger partial charge in [-0.25, -0.2) is 4.39 Å². The molecular formula is C36H53FN2O3. The van der Waals surface area contributed by atoms with Gasteiger partial charge >= 0.3 is 5.97 Å². The number of likely N-dealkylation sites (tertiary alicyclic amines) is 1. The molecule has 1 aliphatic heterocycles. The third-order valence-electron chi connectivity index (χ3n) is 9.32. The summed E-state index contributed by atoms with van der Waals surface area (Å²) in [5.41, 5.74) is 4.52. The van der Waals surface area contributed by atoms with E-state index in [9.17, 15) is 19.1 Å². The number of carboxylic acids is 1. The molecule has 5 nitrogen and oxygen atoms in total. The van der Waals surface area contributed by atoms with E-state index >= 15 is 0 Å². The van der Waals surface area contributed by atoms with Crippen LogP contribution in [0.5, 0.6) is 0 Å². The fourth-order valence-corrected chi connectivity index (χ4v) is 7.08. The molecule has 0 spiro atoms. The monoisotopic (exact) mass is 580 g/mol. The number of nitrogens with zero attached hydrogens (tertiary/aromatic N) is 2. The van der Waals surface area contributed by atoms with Crippen LogP contribution in [-0.4, -0.2) is 47.1 Å². The predicted octanol–water partition coefficient (Wildman–Crippen LogP) is 8.44. The lowest BCUT2D eigenvalue weighted by molar-refractivity contribution is -0.143. The van der Waals surface area contributed by atoms with Crippen LogP contribution in [0.25, 0.3) is 0 Å². The molecule has 3 unspecified atom stereocenters. The lowest BCUT2D eigenvalue weighted by Crippen LogP contribution is -2.48. The minimum absolute atomic E-state index is 0.000706. The molecule has 1 amide bonds. The Hall–Kier alpha value is -2.73. The van der Waals surface area contributed by atoms with Crippen LogP contribution < -0.4 is 4.90 Å². The number of amides is 1. The van der Waals surface area contributed by atoms with Gasteiger partial charge in [0, 0.05) is 30.2 Å². The maximum Gasteiger partial charge on any atom is 0.308 e. The van der Waals surface area contributed by atoms with Gasteiger partial charge in [0.25, 0.3) is 0 Å². The highest BCUT2D eigenvalue weighted by Crippen LogP contribution is 2.44. The highest BCUT2D eigenvalue weighted by Gasteiger charge is 2.49. The van der Waals surface area contributed by atoms with Gasteiger partial charge in [-0.3, -0.25) is 14.5 Å². The molecule has 42 heavy (non-hydrogen) atoms. The van der Waals surface area contributed by atoms with E-state index in [-0.39, 0.29) is 41.7 Å². The first-order valence-corrected chi connectivity index (χ1v) is 16.0. The van der Waals surface area contributed by atoms with Crippen LogP contribution in [0.2, 0.25) is 0 Å². The van der Waals surface area contributed by atoms with Crippen LogP contribution in [0.15, 0.2) is 36.4 Å². The number of aryl methyl sites for hydroxylation is 3. The quantitative estimate of drug-likeness (QED) is 0.244. The van der Waals surface area contributed by atoms with Gasteiger partial charge in [-0.2, -0.15) is 0 Å². The van der Waals surface area contributed by atoms with E-state index in [4.69, 9.17) is 0 Å². The Morgan fingerprint density at radius 2 is 1.64 bits per heavy atom. The Labute approximate surface area is 253 Å². The van der Waals surface area contributed by atoms with Gasteiger partial charge in [-0.05, 0) is 92.3 Å². The van der Waals surface area contributed by atoms with Crippen molar-refractivity contribution in [3.05, 3.63) is 64.5 Å². The smallest absolute Gasteiger partial charge is 0.308 e. The minimum Gasteiger partial charge on any atom is -0.481 e. The summed E-state index contributed by atoms with van der Waals surface area (Å²) < 4.78 is 14.3. The summed E-state index contributed by atoms with van der Waals surface area (Å²) in [6.45, 7) is 17.4. The number of benzene rings is 2. The van der Waals surface area contributed by atoms with Gasteiger partial charge < -0.3 is 10.0 Å².